The highest BCUT2D eigenvalue weighted by Gasteiger charge is 2.77. The molecule has 0 saturated heterocycles. The fourth-order valence-corrected chi connectivity index (χ4v) is 8.41. The Morgan fingerprint density at radius 3 is 2.51 bits per heavy atom. The van der Waals surface area contributed by atoms with Crippen LogP contribution in [0, 0.1) is 28.6 Å². The second kappa shape index (κ2) is 9.60. The van der Waals surface area contributed by atoms with Crippen LogP contribution in [0.1, 0.15) is 65.7 Å². The normalized spacial score (nSPS) is 42.2. The first-order valence-electron chi connectivity index (χ1n) is 13.0. The third kappa shape index (κ3) is 3.84. The van der Waals surface area contributed by atoms with Crippen LogP contribution in [0.2, 0.25) is 0 Å². The standard InChI is InChI=1S/C28H36ClFO7/c1-16-12-20-19-9-8-17-13-18(31)10-11-25(17,2)27(19,30)21(32)14-26(20,3)28(16,22(33)15-29)37-24(35)7-5-6-23(34)36-4/h10-11,13,16,19-21,32H,5-9,12,14-15H2,1-4H3/t16-,19-,20-,21-,25-,26-,27-,28-/m0/s1. The lowest BCUT2D eigenvalue weighted by Gasteiger charge is -2.62. The minimum Gasteiger partial charge on any atom is -0.469 e. The number of methoxy groups -OCH3 is 1. The molecule has 204 valence electrons. The number of rotatable bonds is 7. The van der Waals surface area contributed by atoms with Gasteiger partial charge in [-0.05, 0) is 57.1 Å². The molecule has 1 N–H and O–H groups in total. The number of alkyl halides is 2. The monoisotopic (exact) mass is 538 g/mol. The molecule has 0 aromatic rings. The molecule has 0 aromatic heterocycles. The maximum Gasteiger partial charge on any atom is 0.306 e. The SMILES string of the molecule is COC(=O)CCCC(=O)O[C@]1(C(=O)CCl)[C@@H](C)C[C@H]2[C@@H]3CCC4=CC(=O)C=C[C@]4(C)[C@@]3(F)[C@@H](O)C[C@@]21C. The Hall–Kier alpha value is -2.06. The van der Waals surface area contributed by atoms with Gasteiger partial charge in [-0.2, -0.15) is 0 Å². The molecular weight excluding hydrogens is 503 g/mol. The summed E-state index contributed by atoms with van der Waals surface area (Å²) < 4.78 is 28.0. The van der Waals surface area contributed by atoms with Crippen molar-refractivity contribution in [2.75, 3.05) is 13.0 Å². The number of fused-ring (bicyclic) bond motifs is 5. The Bertz CT molecular complexity index is 1070. The van der Waals surface area contributed by atoms with Gasteiger partial charge in [-0.1, -0.05) is 25.5 Å². The van der Waals surface area contributed by atoms with Gasteiger partial charge in [0.05, 0.1) is 19.1 Å². The average molecular weight is 539 g/mol. The van der Waals surface area contributed by atoms with Gasteiger partial charge >= 0.3 is 11.9 Å². The number of hydrogen-bond acceptors (Lipinski definition) is 7. The van der Waals surface area contributed by atoms with E-state index in [1.807, 2.05) is 13.8 Å². The van der Waals surface area contributed by atoms with Crippen molar-refractivity contribution in [2.45, 2.75) is 83.1 Å². The molecule has 3 fully saturated rings. The molecule has 0 radical (unpaired) electrons. The third-order valence-corrected chi connectivity index (χ3v) is 10.2. The van der Waals surface area contributed by atoms with Crippen LogP contribution in [0.3, 0.4) is 0 Å². The topological polar surface area (TPSA) is 107 Å². The van der Waals surface area contributed by atoms with Gasteiger partial charge in [-0.25, -0.2) is 4.39 Å². The first-order valence-corrected chi connectivity index (χ1v) is 13.5. The molecule has 0 unspecified atom stereocenters. The summed E-state index contributed by atoms with van der Waals surface area (Å²) in [5.41, 5.74) is -5.21. The van der Waals surface area contributed by atoms with Crippen LogP contribution in [-0.4, -0.2) is 59.0 Å². The fraction of sp³-hybridized carbons (Fsp3) is 0.714. The summed E-state index contributed by atoms with van der Waals surface area (Å²) in [5, 5.41) is 11.5. The lowest BCUT2D eigenvalue weighted by molar-refractivity contribution is -0.227. The van der Waals surface area contributed by atoms with Crippen molar-refractivity contribution >= 4 is 35.1 Å². The number of Topliss-reactive ketones (excluding diaryl/α,β-unsaturated/α-hetero) is 1. The maximum absolute atomic E-state index is 17.4. The van der Waals surface area contributed by atoms with Crippen LogP contribution in [0.25, 0.3) is 0 Å². The molecule has 7 nitrogen and oxygen atoms in total. The van der Waals surface area contributed by atoms with E-state index in [2.05, 4.69) is 4.74 Å². The number of hydrogen-bond donors (Lipinski definition) is 1. The van der Waals surface area contributed by atoms with Crippen molar-refractivity contribution in [3.05, 3.63) is 23.8 Å². The van der Waals surface area contributed by atoms with E-state index in [0.29, 0.717) is 24.8 Å². The highest BCUT2D eigenvalue weighted by molar-refractivity contribution is 6.29. The van der Waals surface area contributed by atoms with Gasteiger partial charge in [0.1, 0.15) is 0 Å². The highest BCUT2D eigenvalue weighted by atomic mass is 35.5. The molecule has 4 aliphatic carbocycles. The molecule has 8 atom stereocenters. The van der Waals surface area contributed by atoms with Crippen molar-refractivity contribution < 1.29 is 38.1 Å². The maximum atomic E-state index is 17.4. The molecule has 0 spiro atoms. The number of carbonyl (C=O) groups excluding carboxylic acids is 4. The number of carbonyl (C=O) groups is 4. The summed E-state index contributed by atoms with van der Waals surface area (Å²) in [6.07, 6.45) is 4.33. The van der Waals surface area contributed by atoms with Gasteiger partial charge in [-0.15, -0.1) is 11.6 Å². The van der Waals surface area contributed by atoms with E-state index in [9.17, 15) is 24.3 Å². The Balaban J connectivity index is 1.71. The third-order valence-electron chi connectivity index (χ3n) is 9.98. The van der Waals surface area contributed by atoms with Crippen LogP contribution < -0.4 is 0 Å². The van der Waals surface area contributed by atoms with Crippen LogP contribution in [0.5, 0.6) is 0 Å². The first kappa shape index (κ1) is 28.0. The minimum absolute atomic E-state index is 0.0348. The van der Waals surface area contributed by atoms with Gasteiger partial charge in [0.2, 0.25) is 0 Å². The number of esters is 2. The van der Waals surface area contributed by atoms with Crippen LogP contribution in [0.15, 0.2) is 23.8 Å². The predicted octanol–water partition coefficient (Wildman–Crippen LogP) is 4.04. The number of aliphatic hydroxyl groups is 1. The Morgan fingerprint density at radius 2 is 1.86 bits per heavy atom. The van der Waals surface area contributed by atoms with Gasteiger partial charge in [0, 0.05) is 35.5 Å². The van der Waals surface area contributed by atoms with Crippen molar-refractivity contribution in [3.63, 3.8) is 0 Å². The molecule has 3 saturated carbocycles. The van der Waals surface area contributed by atoms with Crippen LogP contribution in [-0.2, 0) is 28.7 Å². The molecular formula is C28H36ClFO7. The van der Waals surface area contributed by atoms with E-state index in [-0.39, 0.29) is 43.3 Å². The molecule has 0 heterocycles. The summed E-state index contributed by atoms with van der Waals surface area (Å²) in [6, 6.07) is 0. The van der Waals surface area contributed by atoms with E-state index in [4.69, 9.17) is 16.3 Å². The predicted molar refractivity (Wildman–Crippen MR) is 133 cm³/mol. The largest absolute Gasteiger partial charge is 0.469 e. The summed E-state index contributed by atoms with van der Waals surface area (Å²) in [6.45, 7) is 5.36. The van der Waals surface area contributed by atoms with Crippen molar-refractivity contribution in [1.29, 1.82) is 0 Å². The quantitative estimate of drug-likeness (QED) is 0.385. The lowest BCUT2D eigenvalue weighted by atomic mass is 9.44. The number of aliphatic hydroxyl groups excluding tert-OH is 1. The lowest BCUT2D eigenvalue weighted by Crippen LogP contribution is -2.70. The Labute approximate surface area is 221 Å². The first-order chi connectivity index (χ1) is 17.3. The van der Waals surface area contributed by atoms with E-state index >= 15 is 4.39 Å². The number of allylic oxidation sites excluding steroid dienone is 4. The number of ether oxygens (including phenoxy) is 2. The number of ketones is 2. The zero-order valence-corrected chi connectivity index (χ0v) is 22.6. The smallest absolute Gasteiger partial charge is 0.306 e. The van der Waals surface area contributed by atoms with Gasteiger partial charge in [-0.3, -0.25) is 19.2 Å². The molecule has 0 aromatic carbocycles. The van der Waals surface area contributed by atoms with Crippen molar-refractivity contribution in [1.82, 2.24) is 0 Å². The molecule has 0 amide bonds. The van der Waals surface area contributed by atoms with Gasteiger partial charge < -0.3 is 14.6 Å². The van der Waals surface area contributed by atoms with Gasteiger partial charge in [0.25, 0.3) is 0 Å². The molecule has 4 aliphatic rings. The summed E-state index contributed by atoms with van der Waals surface area (Å²) >= 11 is 6.07. The average Bonchev–Trinajstić information content (AvgIpc) is 3.06. The Kier molecular flexibility index (Phi) is 7.25. The van der Waals surface area contributed by atoms with E-state index in [1.54, 1.807) is 13.0 Å². The second-order valence-electron chi connectivity index (χ2n) is 11.6. The van der Waals surface area contributed by atoms with E-state index in [0.717, 1.165) is 0 Å². The number of halogens is 2. The summed E-state index contributed by atoms with van der Waals surface area (Å²) in [7, 11) is 1.26. The minimum atomic E-state index is -2.05. The summed E-state index contributed by atoms with van der Waals surface area (Å²) in [5.74, 6) is -3.57. The van der Waals surface area contributed by atoms with Crippen molar-refractivity contribution in [3.8, 4) is 0 Å². The molecule has 0 aliphatic heterocycles. The van der Waals surface area contributed by atoms with E-state index in [1.165, 1.54) is 19.3 Å². The fourth-order valence-electron chi connectivity index (χ4n) is 8.21. The Morgan fingerprint density at radius 1 is 1.19 bits per heavy atom. The van der Waals surface area contributed by atoms with Crippen LogP contribution in [0.4, 0.5) is 4.39 Å². The molecule has 37 heavy (non-hydrogen) atoms. The highest BCUT2D eigenvalue weighted by Crippen LogP contribution is 2.71. The van der Waals surface area contributed by atoms with Crippen molar-refractivity contribution in [2.24, 2.45) is 28.6 Å². The zero-order valence-electron chi connectivity index (χ0n) is 21.9. The molecule has 0 bridgehead atoms. The van der Waals surface area contributed by atoms with Crippen LogP contribution >= 0.6 is 11.6 Å². The zero-order chi connectivity index (χ0) is 27.4. The second-order valence-corrected chi connectivity index (χ2v) is 11.9. The molecule has 4 rings (SSSR count). The summed E-state index contributed by atoms with van der Waals surface area (Å²) in [4.78, 5) is 50.0. The molecule has 9 heteroatoms. The van der Waals surface area contributed by atoms with E-state index < -0.39 is 57.8 Å². The van der Waals surface area contributed by atoms with Gasteiger partial charge in [0.15, 0.2) is 22.8 Å².